The number of carbonyl (C=O) groups is 1. The summed E-state index contributed by atoms with van der Waals surface area (Å²) in [5.74, 6) is 2.64. The highest BCUT2D eigenvalue weighted by atomic mass is 16.1. The van der Waals surface area contributed by atoms with E-state index in [-0.39, 0.29) is 5.92 Å². The van der Waals surface area contributed by atoms with Crippen LogP contribution in [0.5, 0.6) is 0 Å². The summed E-state index contributed by atoms with van der Waals surface area (Å²) in [6, 6.07) is 0.367. The van der Waals surface area contributed by atoms with E-state index in [9.17, 15) is 4.79 Å². The van der Waals surface area contributed by atoms with Crippen molar-refractivity contribution in [3.63, 3.8) is 0 Å². The van der Waals surface area contributed by atoms with Gasteiger partial charge in [-0.05, 0) is 49.9 Å². The molecular formula is C17H30N2O. The Morgan fingerprint density at radius 1 is 1.00 bits per heavy atom. The van der Waals surface area contributed by atoms with E-state index < -0.39 is 0 Å². The van der Waals surface area contributed by atoms with Gasteiger partial charge in [0.05, 0.1) is 0 Å². The molecule has 3 saturated carbocycles. The number of amides is 1. The zero-order valence-electron chi connectivity index (χ0n) is 12.7. The van der Waals surface area contributed by atoms with E-state index in [0.717, 1.165) is 25.3 Å². The fourth-order valence-electron chi connectivity index (χ4n) is 4.85. The Morgan fingerprint density at radius 3 is 2.30 bits per heavy atom. The molecule has 0 aromatic carbocycles. The first-order chi connectivity index (χ1) is 9.74. The third-order valence-corrected chi connectivity index (χ3v) is 6.11. The first-order valence-electron chi connectivity index (χ1n) is 8.77. The highest BCUT2D eigenvalue weighted by Crippen LogP contribution is 2.41. The summed E-state index contributed by atoms with van der Waals surface area (Å²) in [5, 5.41) is 3.20. The Morgan fingerprint density at radius 2 is 1.65 bits per heavy atom. The number of fused-ring (bicyclic) bond motifs is 2. The maximum Gasteiger partial charge on any atom is 0.223 e. The molecule has 0 saturated heterocycles. The lowest BCUT2D eigenvalue weighted by molar-refractivity contribution is -0.127. The lowest BCUT2D eigenvalue weighted by Crippen LogP contribution is -2.49. The Labute approximate surface area is 123 Å². The quantitative estimate of drug-likeness (QED) is 0.831. The van der Waals surface area contributed by atoms with Crippen molar-refractivity contribution in [1.82, 2.24) is 5.32 Å². The van der Waals surface area contributed by atoms with Crippen LogP contribution >= 0.6 is 0 Å². The van der Waals surface area contributed by atoms with Gasteiger partial charge in [0.15, 0.2) is 0 Å². The average molecular weight is 278 g/mol. The third kappa shape index (κ3) is 3.19. The van der Waals surface area contributed by atoms with Gasteiger partial charge in [0.2, 0.25) is 5.91 Å². The van der Waals surface area contributed by atoms with Crippen LogP contribution in [0, 0.1) is 23.7 Å². The topological polar surface area (TPSA) is 55.1 Å². The van der Waals surface area contributed by atoms with E-state index in [1.54, 1.807) is 0 Å². The van der Waals surface area contributed by atoms with E-state index in [2.05, 4.69) is 5.32 Å². The van der Waals surface area contributed by atoms with Crippen molar-refractivity contribution >= 4 is 5.91 Å². The van der Waals surface area contributed by atoms with E-state index >= 15 is 0 Å². The van der Waals surface area contributed by atoms with Gasteiger partial charge in [0.1, 0.15) is 0 Å². The largest absolute Gasteiger partial charge is 0.356 e. The van der Waals surface area contributed by atoms with Crippen LogP contribution in [-0.4, -0.2) is 18.5 Å². The fourth-order valence-corrected chi connectivity index (χ4v) is 4.85. The van der Waals surface area contributed by atoms with Gasteiger partial charge >= 0.3 is 0 Å². The Bertz CT molecular complexity index is 324. The molecule has 20 heavy (non-hydrogen) atoms. The molecule has 0 heterocycles. The van der Waals surface area contributed by atoms with Gasteiger partial charge in [-0.25, -0.2) is 0 Å². The van der Waals surface area contributed by atoms with Crippen LogP contribution in [0.25, 0.3) is 0 Å². The van der Waals surface area contributed by atoms with Crippen LogP contribution in [0.1, 0.15) is 64.2 Å². The second kappa shape index (κ2) is 6.46. The number of hydrogen-bond acceptors (Lipinski definition) is 2. The van der Waals surface area contributed by atoms with Gasteiger partial charge in [0.25, 0.3) is 0 Å². The van der Waals surface area contributed by atoms with Crippen LogP contribution in [0.3, 0.4) is 0 Å². The van der Waals surface area contributed by atoms with Gasteiger partial charge < -0.3 is 11.1 Å². The van der Waals surface area contributed by atoms with Crippen molar-refractivity contribution in [3.05, 3.63) is 0 Å². The molecule has 3 aliphatic carbocycles. The number of hydrogen-bond donors (Lipinski definition) is 2. The number of rotatable bonds is 4. The molecule has 3 rings (SSSR count). The van der Waals surface area contributed by atoms with E-state index in [1.807, 2.05) is 0 Å². The summed E-state index contributed by atoms with van der Waals surface area (Å²) in [7, 11) is 0. The summed E-state index contributed by atoms with van der Waals surface area (Å²) in [5.41, 5.74) is 6.30. The molecular weight excluding hydrogens is 248 g/mol. The van der Waals surface area contributed by atoms with Crippen LogP contribution in [-0.2, 0) is 4.79 Å². The van der Waals surface area contributed by atoms with Crippen molar-refractivity contribution in [3.8, 4) is 0 Å². The van der Waals surface area contributed by atoms with Gasteiger partial charge in [0, 0.05) is 18.5 Å². The van der Waals surface area contributed by atoms with Gasteiger partial charge in [-0.3, -0.25) is 4.79 Å². The van der Waals surface area contributed by atoms with Crippen LogP contribution in [0.2, 0.25) is 0 Å². The summed E-state index contributed by atoms with van der Waals surface area (Å²) in [6.07, 6.45) is 12.6. The lowest BCUT2D eigenvalue weighted by Gasteiger charge is -2.43. The minimum atomic E-state index is 0.244. The zero-order valence-corrected chi connectivity index (χ0v) is 12.7. The van der Waals surface area contributed by atoms with Gasteiger partial charge in [-0.2, -0.15) is 0 Å². The minimum Gasteiger partial charge on any atom is -0.356 e. The molecule has 0 radical (unpaired) electrons. The highest BCUT2D eigenvalue weighted by molar-refractivity contribution is 5.78. The summed E-state index contributed by atoms with van der Waals surface area (Å²) in [4.78, 5) is 12.4. The van der Waals surface area contributed by atoms with Crippen molar-refractivity contribution in [1.29, 1.82) is 0 Å². The van der Waals surface area contributed by atoms with E-state index in [4.69, 9.17) is 5.73 Å². The minimum absolute atomic E-state index is 0.244. The fraction of sp³-hybridized carbons (Fsp3) is 0.941. The monoisotopic (exact) mass is 278 g/mol. The summed E-state index contributed by atoms with van der Waals surface area (Å²) in [6.45, 7) is 0.890. The van der Waals surface area contributed by atoms with Crippen molar-refractivity contribution in [2.45, 2.75) is 70.3 Å². The predicted octanol–water partition coefficient (Wildman–Crippen LogP) is 2.84. The lowest BCUT2D eigenvalue weighted by atomic mass is 9.65. The first kappa shape index (κ1) is 14.4. The summed E-state index contributed by atoms with van der Waals surface area (Å²) >= 11 is 0. The molecule has 3 N–H and O–H groups in total. The average Bonchev–Trinajstić information content (AvgIpc) is 2.91. The van der Waals surface area contributed by atoms with Crippen LogP contribution in [0.4, 0.5) is 0 Å². The molecule has 0 aromatic rings. The summed E-state index contributed by atoms with van der Waals surface area (Å²) < 4.78 is 0. The standard InChI is InChI=1S/C17H30N2O/c18-16-13-6-3-7-14(16)11-15(10-13)17(20)19-9-8-12-4-1-2-5-12/h12-16H,1-11,18H2,(H,19,20). The predicted molar refractivity (Wildman–Crippen MR) is 81.1 cm³/mol. The molecule has 0 spiro atoms. The first-order valence-corrected chi connectivity index (χ1v) is 8.77. The van der Waals surface area contributed by atoms with Crippen molar-refractivity contribution in [2.24, 2.45) is 29.4 Å². The van der Waals surface area contributed by atoms with E-state index in [0.29, 0.717) is 23.8 Å². The molecule has 2 atom stereocenters. The molecule has 114 valence electrons. The van der Waals surface area contributed by atoms with Crippen LogP contribution in [0.15, 0.2) is 0 Å². The Kier molecular flexibility index (Phi) is 4.65. The molecule has 1 amide bonds. The third-order valence-electron chi connectivity index (χ3n) is 6.11. The SMILES string of the molecule is NC1C2CCCC1CC(C(=O)NCCC1CCCC1)C2. The molecule has 0 aliphatic heterocycles. The van der Waals surface area contributed by atoms with Crippen molar-refractivity contribution in [2.75, 3.05) is 6.54 Å². The van der Waals surface area contributed by atoms with Gasteiger partial charge in [-0.15, -0.1) is 0 Å². The second-order valence-corrected chi connectivity index (χ2v) is 7.43. The number of carbonyl (C=O) groups excluding carboxylic acids is 1. The second-order valence-electron chi connectivity index (χ2n) is 7.43. The van der Waals surface area contributed by atoms with Crippen molar-refractivity contribution < 1.29 is 4.79 Å². The van der Waals surface area contributed by atoms with Gasteiger partial charge in [-0.1, -0.05) is 32.1 Å². The molecule has 3 aliphatic rings. The molecule has 3 heteroatoms. The maximum atomic E-state index is 12.4. The normalized spacial score (nSPS) is 37.9. The van der Waals surface area contributed by atoms with E-state index in [1.165, 1.54) is 51.4 Å². The number of nitrogens with two attached hydrogens (primary N) is 1. The molecule has 2 bridgehead atoms. The molecule has 0 aromatic heterocycles. The highest BCUT2D eigenvalue weighted by Gasteiger charge is 2.40. The van der Waals surface area contributed by atoms with Crippen LogP contribution < -0.4 is 11.1 Å². The molecule has 2 unspecified atom stereocenters. The maximum absolute atomic E-state index is 12.4. The number of nitrogens with one attached hydrogen (secondary N) is 1. The molecule has 3 nitrogen and oxygen atoms in total. The Balaban J connectivity index is 1.43. The smallest absolute Gasteiger partial charge is 0.223 e. The Hall–Kier alpha value is -0.570. The zero-order chi connectivity index (χ0) is 13.9. The molecule has 3 fully saturated rings.